The Hall–Kier alpha value is -2.93. The average molecular weight is 414 g/mol. The molecule has 3 rings (SSSR count). The van der Waals surface area contributed by atoms with Gasteiger partial charge in [0.15, 0.2) is 0 Å². The molecule has 0 saturated carbocycles. The number of fused-ring (bicyclic) bond motifs is 1. The minimum absolute atomic E-state index is 0.0312. The topological polar surface area (TPSA) is 91.1 Å². The van der Waals surface area contributed by atoms with Gasteiger partial charge in [-0.25, -0.2) is 0 Å². The Morgan fingerprint density at radius 2 is 1.92 bits per heavy atom. The molecule has 1 heterocycles. The lowest BCUT2D eigenvalue weighted by Gasteiger charge is -2.10. The number of amides is 2. The number of hydrogen-bond donors (Lipinski definition) is 3. The fourth-order valence-corrected chi connectivity index (χ4v) is 3.03. The number of para-hydroxylation sites is 1. The summed E-state index contributed by atoms with van der Waals surface area (Å²) in [5.41, 5.74) is 1.80. The van der Waals surface area contributed by atoms with Gasteiger partial charge in [-0.1, -0.05) is 28.1 Å². The number of hydrogen-bond acceptors (Lipinski definition) is 3. The van der Waals surface area contributed by atoms with Crippen molar-refractivity contribution in [2.75, 3.05) is 11.9 Å². The predicted octanol–water partition coefficient (Wildman–Crippen LogP) is 2.97. The van der Waals surface area contributed by atoms with Crippen molar-refractivity contribution < 1.29 is 9.59 Å². The van der Waals surface area contributed by atoms with Crippen molar-refractivity contribution in [3.63, 3.8) is 0 Å². The Morgan fingerprint density at radius 3 is 2.69 bits per heavy atom. The van der Waals surface area contributed by atoms with Crippen molar-refractivity contribution in [3.05, 3.63) is 74.5 Å². The fourth-order valence-electron chi connectivity index (χ4n) is 2.55. The van der Waals surface area contributed by atoms with Gasteiger partial charge in [0.25, 0.3) is 5.91 Å². The van der Waals surface area contributed by atoms with Crippen LogP contribution in [0.25, 0.3) is 10.9 Å². The second-order valence-electron chi connectivity index (χ2n) is 5.77. The van der Waals surface area contributed by atoms with Crippen LogP contribution in [-0.4, -0.2) is 23.3 Å². The number of anilines is 1. The van der Waals surface area contributed by atoms with Gasteiger partial charge >= 0.3 is 0 Å². The van der Waals surface area contributed by atoms with Crippen LogP contribution in [0.3, 0.4) is 0 Å². The summed E-state index contributed by atoms with van der Waals surface area (Å²) >= 11 is 3.36. The first kappa shape index (κ1) is 17.9. The SMILES string of the molecule is Cc1cc(Br)ccc1NC(=O)CNC(=O)c1c[nH]c2ccccc2c1=O. The highest BCUT2D eigenvalue weighted by atomic mass is 79.9. The van der Waals surface area contributed by atoms with Crippen LogP contribution in [0.1, 0.15) is 15.9 Å². The maximum Gasteiger partial charge on any atom is 0.257 e. The van der Waals surface area contributed by atoms with E-state index in [-0.39, 0.29) is 23.4 Å². The quantitative estimate of drug-likeness (QED) is 0.613. The first-order valence-electron chi connectivity index (χ1n) is 7.90. The van der Waals surface area contributed by atoms with Crippen molar-refractivity contribution in [3.8, 4) is 0 Å². The van der Waals surface area contributed by atoms with Crippen LogP contribution in [-0.2, 0) is 4.79 Å². The average Bonchev–Trinajstić information content (AvgIpc) is 2.62. The summed E-state index contributed by atoms with van der Waals surface area (Å²) in [5.74, 6) is -0.972. The first-order chi connectivity index (χ1) is 12.5. The largest absolute Gasteiger partial charge is 0.360 e. The molecule has 3 N–H and O–H groups in total. The molecule has 3 aromatic rings. The molecule has 0 saturated heterocycles. The lowest BCUT2D eigenvalue weighted by molar-refractivity contribution is -0.115. The molecule has 0 unspecified atom stereocenters. The van der Waals surface area contributed by atoms with Crippen LogP contribution in [0.2, 0.25) is 0 Å². The Kier molecular flexibility index (Phi) is 5.18. The number of pyridine rings is 1. The molecule has 0 fully saturated rings. The number of rotatable bonds is 4. The van der Waals surface area contributed by atoms with Gasteiger partial charge < -0.3 is 15.6 Å². The number of aryl methyl sites for hydroxylation is 1. The van der Waals surface area contributed by atoms with Gasteiger partial charge in [-0.2, -0.15) is 0 Å². The number of aromatic amines is 1. The normalized spacial score (nSPS) is 10.5. The number of aromatic nitrogens is 1. The molecular weight excluding hydrogens is 398 g/mol. The molecule has 26 heavy (non-hydrogen) atoms. The minimum Gasteiger partial charge on any atom is -0.360 e. The zero-order chi connectivity index (χ0) is 18.7. The lowest BCUT2D eigenvalue weighted by Crippen LogP contribution is -2.35. The van der Waals surface area contributed by atoms with E-state index in [0.29, 0.717) is 16.6 Å². The summed E-state index contributed by atoms with van der Waals surface area (Å²) < 4.78 is 0.914. The molecule has 0 bridgehead atoms. The van der Waals surface area contributed by atoms with Crippen LogP contribution in [0.15, 0.2) is 57.9 Å². The van der Waals surface area contributed by atoms with Gasteiger partial charge in [0.1, 0.15) is 5.56 Å². The molecule has 132 valence electrons. The summed E-state index contributed by atoms with van der Waals surface area (Å²) in [7, 11) is 0. The molecule has 1 aromatic heterocycles. The number of nitrogens with one attached hydrogen (secondary N) is 3. The Morgan fingerprint density at radius 1 is 1.15 bits per heavy atom. The van der Waals surface area contributed by atoms with E-state index in [2.05, 4.69) is 31.5 Å². The molecule has 7 heteroatoms. The minimum atomic E-state index is -0.598. The van der Waals surface area contributed by atoms with Crippen molar-refractivity contribution in [2.45, 2.75) is 6.92 Å². The zero-order valence-corrected chi connectivity index (χ0v) is 15.5. The van der Waals surface area contributed by atoms with E-state index in [4.69, 9.17) is 0 Å². The molecular formula is C19H16BrN3O3. The lowest BCUT2D eigenvalue weighted by atomic mass is 10.1. The van der Waals surface area contributed by atoms with Gasteiger partial charge in [-0.3, -0.25) is 14.4 Å². The van der Waals surface area contributed by atoms with Crippen LogP contribution in [0.4, 0.5) is 5.69 Å². The van der Waals surface area contributed by atoms with E-state index < -0.39 is 5.91 Å². The number of halogens is 1. The summed E-state index contributed by atoms with van der Waals surface area (Å²) in [4.78, 5) is 39.6. The van der Waals surface area contributed by atoms with Crippen LogP contribution >= 0.6 is 15.9 Å². The highest BCUT2D eigenvalue weighted by molar-refractivity contribution is 9.10. The molecule has 2 aromatic carbocycles. The third kappa shape index (κ3) is 3.83. The molecule has 2 amide bonds. The predicted molar refractivity (Wildman–Crippen MR) is 104 cm³/mol. The van der Waals surface area contributed by atoms with Gasteiger partial charge in [-0.05, 0) is 42.8 Å². The molecule has 6 nitrogen and oxygen atoms in total. The monoisotopic (exact) mass is 413 g/mol. The smallest absolute Gasteiger partial charge is 0.257 e. The summed E-state index contributed by atoms with van der Waals surface area (Å²) in [6.45, 7) is 1.63. The molecule has 0 spiro atoms. The molecule has 0 radical (unpaired) electrons. The zero-order valence-electron chi connectivity index (χ0n) is 13.9. The van der Waals surface area contributed by atoms with E-state index in [1.165, 1.54) is 6.20 Å². The standard InChI is InChI=1S/C19H16BrN3O3/c1-11-8-12(20)6-7-15(11)23-17(24)10-22-19(26)14-9-21-16-5-3-2-4-13(16)18(14)25/h2-9H,10H2,1H3,(H,21,25)(H,22,26)(H,23,24). The molecule has 0 aliphatic heterocycles. The van der Waals surface area contributed by atoms with Gasteiger partial charge in [0, 0.05) is 27.3 Å². The van der Waals surface area contributed by atoms with Crippen molar-refractivity contribution in [2.24, 2.45) is 0 Å². The van der Waals surface area contributed by atoms with Gasteiger partial charge in [0.05, 0.1) is 6.54 Å². The maximum atomic E-state index is 12.4. The highest BCUT2D eigenvalue weighted by Crippen LogP contribution is 2.19. The van der Waals surface area contributed by atoms with Crippen LogP contribution in [0.5, 0.6) is 0 Å². The van der Waals surface area contributed by atoms with E-state index >= 15 is 0 Å². The first-order valence-corrected chi connectivity index (χ1v) is 8.69. The van der Waals surface area contributed by atoms with Gasteiger partial charge in [-0.15, -0.1) is 0 Å². The summed E-state index contributed by atoms with van der Waals surface area (Å²) in [6.07, 6.45) is 1.36. The third-order valence-electron chi connectivity index (χ3n) is 3.90. The van der Waals surface area contributed by atoms with E-state index in [9.17, 15) is 14.4 Å². The van der Waals surface area contributed by atoms with Crippen molar-refractivity contribution in [1.82, 2.24) is 10.3 Å². The number of carbonyl (C=O) groups excluding carboxylic acids is 2. The summed E-state index contributed by atoms with van der Waals surface area (Å²) in [5, 5.41) is 5.63. The van der Waals surface area contributed by atoms with Crippen molar-refractivity contribution >= 4 is 44.3 Å². The third-order valence-corrected chi connectivity index (χ3v) is 4.40. The van der Waals surface area contributed by atoms with E-state index in [1.54, 1.807) is 30.3 Å². The second-order valence-corrected chi connectivity index (χ2v) is 6.68. The Balaban J connectivity index is 1.68. The van der Waals surface area contributed by atoms with Crippen molar-refractivity contribution in [1.29, 1.82) is 0 Å². The van der Waals surface area contributed by atoms with E-state index in [0.717, 1.165) is 10.0 Å². The molecule has 0 aliphatic rings. The Bertz CT molecular complexity index is 1060. The van der Waals surface area contributed by atoms with Crippen LogP contribution < -0.4 is 16.1 Å². The molecule has 0 atom stereocenters. The Labute approximate surface area is 157 Å². The number of benzene rings is 2. The van der Waals surface area contributed by atoms with Gasteiger partial charge in [0.2, 0.25) is 11.3 Å². The highest BCUT2D eigenvalue weighted by Gasteiger charge is 2.14. The second kappa shape index (κ2) is 7.53. The van der Waals surface area contributed by atoms with Crippen LogP contribution in [0, 0.1) is 6.92 Å². The van der Waals surface area contributed by atoms with E-state index in [1.807, 2.05) is 19.1 Å². The maximum absolute atomic E-state index is 12.4. The molecule has 0 aliphatic carbocycles. The number of carbonyl (C=O) groups is 2. The number of H-pyrrole nitrogens is 1. The fraction of sp³-hybridized carbons (Fsp3) is 0.105. The summed E-state index contributed by atoms with van der Waals surface area (Å²) in [6, 6.07) is 12.4.